The molecule has 0 amide bonds. The lowest BCUT2D eigenvalue weighted by Crippen LogP contribution is -1.91. The van der Waals surface area contributed by atoms with Gasteiger partial charge in [0, 0.05) is 35.4 Å². The third kappa shape index (κ3) is 4.24. The molecule has 2 aromatic heterocycles. The highest BCUT2D eigenvalue weighted by Crippen LogP contribution is 2.44. The molecule has 0 atom stereocenters. The van der Waals surface area contributed by atoms with Crippen molar-refractivity contribution >= 4 is 21.5 Å². The molecule has 7 aromatic rings. The molecule has 0 aliphatic rings. The van der Waals surface area contributed by atoms with Crippen LogP contribution in [0.15, 0.2) is 134 Å². The summed E-state index contributed by atoms with van der Waals surface area (Å²) in [6.07, 6.45) is 5.78. The van der Waals surface area contributed by atoms with Gasteiger partial charge >= 0.3 is 0 Å². The number of benzene rings is 5. The number of nitrogens with zero attached hydrogens (tertiary/aromatic N) is 2. The molecule has 0 N–H and O–H groups in total. The molecule has 40 heavy (non-hydrogen) atoms. The van der Waals surface area contributed by atoms with Gasteiger partial charge in [-0.05, 0) is 86.5 Å². The van der Waals surface area contributed by atoms with Crippen LogP contribution in [-0.4, -0.2) is 9.97 Å². The molecule has 2 heterocycles. The van der Waals surface area contributed by atoms with Crippen LogP contribution in [0.25, 0.3) is 66.1 Å². The van der Waals surface area contributed by atoms with E-state index in [0.29, 0.717) is 0 Å². The lowest BCUT2D eigenvalue weighted by molar-refractivity contribution is 1.20. The molecule has 0 fully saturated rings. The molecular formula is C38H28N2. The number of fused-ring (bicyclic) bond motifs is 2. The highest BCUT2D eigenvalue weighted by molar-refractivity contribution is 6.21. The van der Waals surface area contributed by atoms with E-state index >= 15 is 0 Å². The van der Waals surface area contributed by atoms with Gasteiger partial charge < -0.3 is 0 Å². The first kappa shape index (κ1) is 24.0. The van der Waals surface area contributed by atoms with Crippen molar-refractivity contribution in [1.82, 2.24) is 9.97 Å². The topological polar surface area (TPSA) is 25.8 Å². The number of aryl methyl sites for hydroxylation is 2. The molecule has 190 valence electrons. The van der Waals surface area contributed by atoms with E-state index in [2.05, 4.69) is 132 Å². The van der Waals surface area contributed by atoms with E-state index in [1.54, 1.807) is 0 Å². The van der Waals surface area contributed by atoms with Crippen molar-refractivity contribution in [3.63, 3.8) is 0 Å². The number of hydrogen-bond donors (Lipinski definition) is 0. The molecule has 2 heteroatoms. The van der Waals surface area contributed by atoms with E-state index in [1.165, 1.54) is 54.9 Å². The molecule has 0 saturated carbocycles. The Bertz CT molecular complexity index is 1930. The zero-order valence-corrected chi connectivity index (χ0v) is 22.6. The second-order valence-corrected chi connectivity index (χ2v) is 10.4. The average Bonchev–Trinajstić information content (AvgIpc) is 3.00. The summed E-state index contributed by atoms with van der Waals surface area (Å²) in [5.41, 5.74) is 11.8. The average molecular weight is 513 g/mol. The van der Waals surface area contributed by atoms with E-state index in [0.717, 1.165) is 22.4 Å². The molecular weight excluding hydrogens is 484 g/mol. The quantitative estimate of drug-likeness (QED) is 0.219. The summed E-state index contributed by atoms with van der Waals surface area (Å²) in [5.74, 6) is 0. The molecule has 0 unspecified atom stereocenters. The van der Waals surface area contributed by atoms with Crippen molar-refractivity contribution in [1.29, 1.82) is 0 Å². The Labute approximate surface area is 234 Å². The van der Waals surface area contributed by atoms with Gasteiger partial charge in [0.25, 0.3) is 0 Å². The molecule has 0 aliphatic carbocycles. The van der Waals surface area contributed by atoms with Gasteiger partial charge in [-0.15, -0.1) is 0 Å². The Morgan fingerprint density at radius 1 is 0.400 bits per heavy atom. The summed E-state index contributed by atoms with van der Waals surface area (Å²) in [6, 6.07) is 41.8. The second-order valence-electron chi connectivity index (χ2n) is 10.4. The van der Waals surface area contributed by atoms with E-state index in [4.69, 9.17) is 0 Å². The van der Waals surface area contributed by atoms with Crippen molar-refractivity contribution in [2.24, 2.45) is 0 Å². The molecule has 5 aromatic carbocycles. The maximum atomic E-state index is 4.48. The number of pyridine rings is 2. The van der Waals surface area contributed by atoms with Crippen LogP contribution in [0, 0.1) is 13.8 Å². The van der Waals surface area contributed by atoms with E-state index in [1.807, 2.05) is 25.5 Å². The molecule has 0 saturated heterocycles. The van der Waals surface area contributed by atoms with Gasteiger partial charge in [0.2, 0.25) is 0 Å². The lowest BCUT2D eigenvalue weighted by atomic mass is 9.85. The number of rotatable bonds is 4. The highest BCUT2D eigenvalue weighted by atomic mass is 14.7. The van der Waals surface area contributed by atoms with Crippen molar-refractivity contribution < 1.29 is 0 Å². The monoisotopic (exact) mass is 512 g/mol. The van der Waals surface area contributed by atoms with Crippen LogP contribution in [0.2, 0.25) is 0 Å². The predicted octanol–water partition coefficient (Wildman–Crippen LogP) is 10.1. The summed E-state index contributed by atoms with van der Waals surface area (Å²) in [7, 11) is 0. The Hall–Kier alpha value is -5.08. The number of hydrogen-bond acceptors (Lipinski definition) is 2. The molecule has 0 aliphatic heterocycles. The van der Waals surface area contributed by atoms with Crippen molar-refractivity contribution in [2.75, 3.05) is 0 Å². The summed E-state index contributed by atoms with van der Waals surface area (Å²) in [4.78, 5) is 8.86. The maximum absolute atomic E-state index is 4.48. The van der Waals surface area contributed by atoms with Crippen LogP contribution in [0.3, 0.4) is 0 Å². The van der Waals surface area contributed by atoms with Crippen LogP contribution in [-0.2, 0) is 0 Å². The Balaban J connectivity index is 1.40. The smallest absolute Gasteiger partial charge is 0.0373 e. The summed E-state index contributed by atoms with van der Waals surface area (Å²) < 4.78 is 0. The summed E-state index contributed by atoms with van der Waals surface area (Å²) in [5, 5.41) is 5.03. The van der Waals surface area contributed by atoms with Crippen LogP contribution in [0.1, 0.15) is 11.3 Å². The lowest BCUT2D eigenvalue weighted by Gasteiger charge is -2.18. The minimum absolute atomic E-state index is 1.03. The fourth-order valence-corrected chi connectivity index (χ4v) is 5.76. The Kier molecular flexibility index (Phi) is 5.94. The summed E-state index contributed by atoms with van der Waals surface area (Å²) in [6.45, 7) is 4.10. The molecule has 0 radical (unpaired) electrons. The first-order valence-corrected chi connectivity index (χ1v) is 13.6. The minimum Gasteiger partial charge on any atom is -0.264 e. The van der Waals surface area contributed by atoms with Crippen molar-refractivity contribution in [3.05, 3.63) is 145 Å². The molecule has 2 nitrogen and oxygen atoms in total. The van der Waals surface area contributed by atoms with Gasteiger partial charge in [0.05, 0.1) is 0 Å². The van der Waals surface area contributed by atoms with Gasteiger partial charge in [-0.3, -0.25) is 9.97 Å². The normalized spacial score (nSPS) is 11.2. The van der Waals surface area contributed by atoms with Crippen molar-refractivity contribution in [2.45, 2.75) is 13.8 Å². The second kappa shape index (κ2) is 9.91. The Morgan fingerprint density at radius 2 is 0.850 bits per heavy atom. The molecule has 7 rings (SSSR count). The van der Waals surface area contributed by atoms with Gasteiger partial charge in [0.15, 0.2) is 0 Å². The first-order chi connectivity index (χ1) is 19.7. The Morgan fingerprint density at radius 3 is 1.30 bits per heavy atom. The maximum Gasteiger partial charge on any atom is 0.0373 e. The van der Waals surface area contributed by atoms with Crippen LogP contribution in [0.5, 0.6) is 0 Å². The van der Waals surface area contributed by atoms with E-state index in [9.17, 15) is 0 Å². The van der Waals surface area contributed by atoms with Crippen molar-refractivity contribution in [3.8, 4) is 44.5 Å². The third-order valence-electron chi connectivity index (χ3n) is 7.73. The zero-order valence-electron chi connectivity index (χ0n) is 22.6. The largest absolute Gasteiger partial charge is 0.264 e. The molecule has 0 bridgehead atoms. The van der Waals surface area contributed by atoms with E-state index < -0.39 is 0 Å². The molecule has 0 spiro atoms. The fraction of sp³-hybridized carbons (Fsp3) is 0.0526. The number of aromatic nitrogens is 2. The minimum atomic E-state index is 1.03. The van der Waals surface area contributed by atoms with E-state index in [-0.39, 0.29) is 0 Å². The van der Waals surface area contributed by atoms with Gasteiger partial charge in [-0.2, -0.15) is 0 Å². The fourth-order valence-electron chi connectivity index (χ4n) is 5.76. The SMILES string of the molecule is Cc1cncc(-c2ccc(-c3c4ccccc4c(-c4ccc(-c5ccc(C)nc5)cc4)c4ccccc34)cc2)c1. The van der Waals surface area contributed by atoms with Crippen LogP contribution in [0.4, 0.5) is 0 Å². The van der Waals surface area contributed by atoms with Gasteiger partial charge in [-0.25, -0.2) is 0 Å². The van der Waals surface area contributed by atoms with Gasteiger partial charge in [0.1, 0.15) is 0 Å². The first-order valence-electron chi connectivity index (χ1n) is 13.6. The van der Waals surface area contributed by atoms with Crippen LogP contribution >= 0.6 is 0 Å². The zero-order chi connectivity index (χ0) is 27.1. The third-order valence-corrected chi connectivity index (χ3v) is 7.73. The van der Waals surface area contributed by atoms with Gasteiger partial charge in [-0.1, -0.05) is 103 Å². The predicted molar refractivity (Wildman–Crippen MR) is 168 cm³/mol. The highest BCUT2D eigenvalue weighted by Gasteiger charge is 2.16. The standard InChI is InChI=1S/C38H28N2/c1-25-21-32(23-39-22-25)28-15-19-30(20-16-28)38-35-9-5-3-7-33(35)37(34-8-4-6-10-36(34)38)29-17-13-27(14-18-29)31-12-11-26(2)40-24-31/h3-24H,1-2H3. The van der Waals surface area contributed by atoms with Crippen LogP contribution < -0.4 is 0 Å². The summed E-state index contributed by atoms with van der Waals surface area (Å²) >= 11 is 0.